The maximum Gasteiger partial charge on any atom is 0.165 e. The number of hydrogen-bond acceptors (Lipinski definition) is 5. The van der Waals surface area contributed by atoms with Crippen molar-refractivity contribution in [1.82, 2.24) is 9.97 Å². The van der Waals surface area contributed by atoms with Crippen molar-refractivity contribution in [2.45, 2.75) is 0 Å². The Morgan fingerprint density at radius 2 is 2.17 bits per heavy atom. The summed E-state index contributed by atoms with van der Waals surface area (Å²) < 4.78 is 13.1. The van der Waals surface area contributed by atoms with Gasteiger partial charge in [0.25, 0.3) is 0 Å². The Kier molecular flexibility index (Phi) is 3.69. The quantitative estimate of drug-likeness (QED) is 0.760. The van der Waals surface area contributed by atoms with Crippen molar-refractivity contribution < 1.29 is 9.50 Å². The second-order valence-electron chi connectivity index (χ2n) is 3.64. The number of aromatic hydroxyl groups is 1. The van der Waals surface area contributed by atoms with E-state index in [-0.39, 0.29) is 17.1 Å². The molecular weight excluding hydrogens is 235 g/mol. The van der Waals surface area contributed by atoms with Crippen LogP contribution in [0.5, 0.6) is 5.75 Å². The monoisotopic (exact) mass is 248 g/mol. The highest BCUT2D eigenvalue weighted by Crippen LogP contribution is 2.27. The summed E-state index contributed by atoms with van der Waals surface area (Å²) in [6.07, 6.45) is 1.53. The van der Waals surface area contributed by atoms with Gasteiger partial charge < -0.3 is 16.2 Å². The van der Waals surface area contributed by atoms with Crippen molar-refractivity contribution in [2.24, 2.45) is 5.73 Å². The molecule has 0 saturated carbocycles. The van der Waals surface area contributed by atoms with Crippen LogP contribution in [0.25, 0.3) is 11.4 Å². The highest BCUT2D eigenvalue weighted by Gasteiger charge is 2.09. The molecule has 0 aliphatic rings. The molecule has 0 fully saturated rings. The number of halogens is 1. The van der Waals surface area contributed by atoms with Crippen LogP contribution in [0.1, 0.15) is 0 Å². The highest BCUT2D eigenvalue weighted by atomic mass is 19.1. The standard InChI is InChI=1S/C12H13FN4O/c13-8-1-2-10(18)9(7-8)12-16-5-3-11(17-12)15-6-4-14/h1-3,5,7,18H,4,6,14H2,(H,15,16,17). The molecule has 0 bridgehead atoms. The van der Waals surface area contributed by atoms with E-state index in [1.807, 2.05) is 0 Å². The van der Waals surface area contributed by atoms with Crippen molar-refractivity contribution in [3.63, 3.8) is 0 Å². The van der Waals surface area contributed by atoms with E-state index in [1.54, 1.807) is 6.07 Å². The fraction of sp³-hybridized carbons (Fsp3) is 0.167. The predicted octanol–water partition coefficient (Wildman–Crippen LogP) is 1.36. The van der Waals surface area contributed by atoms with Crippen LogP contribution in [0, 0.1) is 5.82 Å². The largest absolute Gasteiger partial charge is 0.507 e. The van der Waals surface area contributed by atoms with E-state index >= 15 is 0 Å². The van der Waals surface area contributed by atoms with Gasteiger partial charge in [-0.1, -0.05) is 0 Å². The number of rotatable bonds is 4. The van der Waals surface area contributed by atoms with Crippen LogP contribution in [-0.2, 0) is 0 Å². The normalized spacial score (nSPS) is 10.3. The minimum atomic E-state index is -0.452. The molecule has 5 nitrogen and oxygen atoms in total. The maximum absolute atomic E-state index is 13.1. The molecule has 2 rings (SSSR count). The summed E-state index contributed by atoms with van der Waals surface area (Å²) in [4.78, 5) is 8.19. The number of anilines is 1. The summed E-state index contributed by atoms with van der Waals surface area (Å²) >= 11 is 0. The molecule has 94 valence electrons. The molecule has 0 unspecified atom stereocenters. The molecule has 1 aromatic carbocycles. The van der Waals surface area contributed by atoms with Crippen LogP contribution in [0.15, 0.2) is 30.5 Å². The number of phenolic OH excluding ortho intramolecular Hbond substituents is 1. The molecule has 0 atom stereocenters. The lowest BCUT2D eigenvalue weighted by Crippen LogP contribution is -2.14. The Balaban J connectivity index is 2.35. The van der Waals surface area contributed by atoms with E-state index in [0.717, 1.165) is 0 Å². The zero-order valence-electron chi connectivity index (χ0n) is 9.60. The number of nitrogens with zero attached hydrogens (tertiary/aromatic N) is 2. The lowest BCUT2D eigenvalue weighted by molar-refractivity contribution is 0.474. The van der Waals surface area contributed by atoms with Gasteiger partial charge in [-0.15, -0.1) is 0 Å². The smallest absolute Gasteiger partial charge is 0.165 e. The summed E-state index contributed by atoms with van der Waals surface area (Å²) in [5, 5.41) is 12.7. The molecule has 18 heavy (non-hydrogen) atoms. The summed E-state index contributed by atoms with van der Waals surface area (Å²) in [5.41, 5.74) is 5.63. The highest BCUT2D eigenvalue weighted by molar-refractivity contribution is 5.64. The summed E-state index contributed by atoms with van der Waals surface area (Å²) in [6.45, 7) is 1.05. The van der Waals surface area contributed by atoms with Crippen LogP contribution in [0.4, 0.5) is 10.2 Å². The van der Waals surface area contributed by atoms with Gasteiger partial charge in [0, 0.05) is 19.3 Å². The number of benzene rings is 1. The minimum Gasteiger partial charge on any atom is -0.507 e. The van der Waals surface area contributed by atoms with Crippen molar-refractivity contribution in [3.8, 4) is 17.1 Å². The average molecular weight is 248 g/mol. The predicted molar refractivity (Wildman–Crippen MR) is 66.6 cm³/mol. The van der Waals surface area contributed by atoms with Crippen molar-refractivity contribution in [2.75, 3.05) is 18.4 Å². The molecule has 1 heterocycles. The lowest BCUT2D eigenvalue weighted by Gasteiger charge is -2.07. The zero-order valence-corrected chi connectivity index (χ0v) is 9.60. The Morgan fingerprint density at radius 1 is 1.33 bits per heavy atom. The van der Waals surface area contributed by atoms with Gasteiger partial charge in [-0.25, -0.2) is 14.4 Å². The molecule has 2 aromatic rings. The van der Waals surface area contributed by atoms with Crippen molar-refractivity contribution in [3.05, 3.63) is 36.3 Å². The summed E-state index contributed by atoms with van der Waals surface area (Å²) in [6, 6.07) is 5.32. The third-order valence-corrected chi connectivity index (χ3v) is 2.31. The Labute approximate surface area is 104 Å². The maximum atomic E-state index is 13.1. The molecule has 6 heteroatoms. The van der Waals surface area contributed by atoms with E-state index < -0.39 is 5.82 Å². The van der Waals surface area contributed by atoms with E-state index in [1.165, 1.54) is 24.4 Å². The van der Waals surface area contributed by atoms with E-state index in [2.05, 4.69) is 15.3 Å². The first kappa shape index (κ1) is 12.3. The van der Waals surface area contributed by atoms with Crippen LogP contribution in [0.3, 0.4) is 0 Å². The van der Waals surface area contributed by atoms with E-state index in [9.17, 15) is 9.50 Å². The van der Waals surface area contributed by atoms with E-state index in [4.69, 9.17) is 5.73 Å². The summed E-state index contributed by atoms with van der Waals surface area (Å²) in [7, 11) is 0. The molecule has 0 radical (unpaired) electrons. The number of phenols is 1. The molecular formula is C12H13FN4O. The average Bonchev–Trinajstić information content (AvgIpc) is 2.39. The second kappa shape index (κ2) is 5.42. The van der Waals surface area contributed by atoms with Crippen LogP contribution in [0.2, 0.25) is 0 Å². The topological polar surface area (TPSA) is 84.1 Å². The zero-order chi connectivity index (χ0) is 13.0. The first-order valence-corrected chi connectivity index (χ1v) is 5.46. The van der Waals surface area contributed by atoms with Gasteiger partial charge in [0.15, 0.2) is 5.82 Å². The third-order valence-electron chi connectivity index (χ3n) is 2.31. The molecule has 0 aliphatic carbocycles. The van der Waals surface area contributed by atoms with Gasteiger partial charge in [-0.3, -0.25) is 0 Å². The fourth-order valence-electron chi connectivity index (χ4n) is 1.47. The Bertz CT molecular complexity index is 547. The number of hydrogen-bond donors (Lipinski definition) is 3. The van der Waals surface area contributed by atoms with Crippen molar-refractivity contribution in [1.29, 1.82) is 0 Å². The van der Waals surface area contributed by atoms with Gasteiger partial charge in [-0.2, -0.15) is 0 Å². The number of aromatic nitrogens is 2. The van der Waals surface area contributed by atoms with Crippen LogP contribution in [-0.4, -0.2) is 28.2 Å². The fourth-order valence-corrected chi connectivity index (χ4v) is 1.47. The lowest BCUT2D eigenvalue weighted by atomic mass is 10.2. The minimum absolute atomic E-state index is 0.0626. The van der Waals surface area contributed by atoms with Gasteiger partial charge in [-0.05, 0) is 24.3 Å². The van der Waals surface area contributed by atoms with Gasteiger partial charge in [0.2, 0.25) is 0 Å². The van der Waals surface area contributed by atoms with Crippen LogP contribution >= 0.6 is 0 Å². The van der Waals surface area contributed by atoms with Crippen molar-refractivity contribution >= 4 is 5.82 Å². The Hall–Kier alpha value is -2.21. The molecule has 0 saturated heterocycles. The number of nitrogens with one attached hydrogen (secondary N) is 1. The molecule has 0 aliphatic heterocycles. The first-order valence-electron chi connectivity index (χ1n) is 5.46. The molecule has 1 aromatic heterocycles. The van der Waals surface area contributed by atoms with Gasteiger partial charge in [0.1, 0.15) is 17.4 Å². The SMILES string of the molecule is NCCNc1ccnc(-c2cc(F)ccc2O)n1. The number of nitrogens with two attached hydrogens (primary N) is 1. The van der Waals surface area contributed by atoms with Gasteiger partial charge in [0.05, 0.1) is 5.56 Å². The van der Waals surface area contributed by atoms with Gasteiger partial charge >= 0.3 is 0 Å². The molecule has 4 N–H and O–H groups in total. The third kappa shape index (κ3) is 2.72. The Morgan fingerprint density at radius 3 is 2.94 bits per heavy atom. The van der Waals surface area contributed by atoms with Crippen LogP contribution < -0.4 is 11.1 Å². The summed E-state index contributed by atoms with van der Waals surface area (Å²) in [5.74, 6) is 0.322. The second-order valence-corrected chi connectivity index (χ2v) is 3.64. The molecule has 0 spiro atoms. The molecule has 0 amide bonds. The van der Waals surface area contributed by atoms with E-state index in [0.29, 0.717) is 18.9 Å². The first-order chi connectivity index (χ1) is 8.70.